The molecule has 1 saturated carbocycles. The molecule has 1 heterocycles. The number of nitrogens with one attached hydrogen (secondary N) is 4. The first-order valence-electron chi connectivity index (χ1n) is 11.0. The number of hydrogen-bond donors (Lipinski definition) is 5. The van der Waals surface area contributed by atoms with Gasteiger partial charge in [0.15, 0.2) is 0 Å². The summed E-state index contributed by atoms with van der Waals surface area (Å²) in [6.07, 6.45) is 7.54. The van der Waals surface area contributed by atoms with Crippen molar-refractivity contribution in [1.29, 1.82) is 5.41 Å². The summed E-state index contributed by atoms with van der Waals surface area (Å²) in [6, 6.07) is 5.99. The third-order valence-electron chi connectivity index (χ3n) is 5.68. The second-order valence-corrected chi connectivity index (χ2v) is 8.57. The second-order valence-electron chi connectivity index (χ2n) is 8.57. The Hall–Kier alpha value is -3.42. The van der Waals surface area contributed by atoms with Gasteiger partial charge >= 0.3 is 0 Å². The molecule has 0 unspecified atom stereocenters. The number of aromatic nitrogens is 1. The molecule has 6 N–H and O–H groups in total. The summed E-state index contributed by atoms with van der Waals surface area (Å²) in [7, 11) is 0. The standard InChI is InChI=1S/C24H32N6O2/c1-14(2)28-23-20-10-16(17(11-25)12-26)4-9-22(20)27-13-21(23)24(32)30-19-7-5-18(6-8-19)29-15(3)31/h4,9-14,18-19,25H,5-8,26H2,1-3H3,(H,27,28)(H,29,31)(H,30,32)/b17-12+,25-11?/t18-,19-. The van der Waals surface area contributed by atoms with Gasteiger partial charge < -0.3 is 27.1 Å². The maximum Gasteiger partial charge on any atom is 0.255 e. The summed E-state index contributed by atoms with van der Waals surface area (Å²) >= 11 is 0. The predicted molar refractivity (Wildman–Crippen MR) is 129 cm³/mol. The molecule has 1 aromatic carbocycles. The lowest BCUT2D eigenvalue weighted by Gasteiger charge is -2.29. The molecular formula is C24H32N6O2. The quantitative estimate of drug-likeness (QED) is 0.425. The minimum absolute atomic E-state index is 0.0147. The second kappa shape index (κ2) is 10.3. The van der Waals surface area contributed by atoms with Crippen molar-refractivity contribution in [3.8, 4) is 0 Å². The smallest absolute Gasteiger partial charge is 0.255 e. The van der Waals surface area contributed by atoms with Gasteiger partial charge in [-0.3, -0.25) is 14.6 Å². The Bertz CT molecular complexity index is 1040. The third-order valence-corrected chi connectivity index (χ3v) is 5.68. The number of pyridine rings is 1. The molecule has 1 aliphatic carbocycles. The van der Waals surface area contributed by atoms with Crippen LogP contribution in [0.5, 0.6) is 0 Å². The number of anilines is 1. The maximum absolute atomic E-state index is 13.2. The Labute approximate surface area is 188 Å². The Kier molecular flexibility index (Phi) is 7.45. The van der Waals surface area contributed by atoms with Crippen molar-refractivity contribution in [2.75, 3.05) is 5.32 Å². The van der Waals surface area contributed by atoms with Gasteiger partial charge in [-0.25, -0.2) is 0 Å². The Morgan fingerprint density at radius 2 is 1.81 bits per heavy atom. The number of carbonyl (C=O) groups excluding carboxylic acids is 2. The van der Waals surface area contributed by atoms with Crippen LogP contribution in [0.2, 0.25) is 0 Å². The Morgan fingerprint density at radius 3 is 2.38 bits per heavy atom. The van der Waals surface area contributed by atoms with Gasteiger partial charge in [0.25, 0.3) is 5.91 Å². The summed E-state index contributed by atoms with van der Waals surface area (Å²) in [5.41, 5.74) is 9.01. The fourth-order valence-electron chi connectivity index (χ4n) is 4.15. The number of carbonyl (C=O) groups is 2. The van der Waals surface area contributed by atoms with Crippen molar-refractivity contribution in [3.05, 3.63) is 41.7 Å². The molecule has 0 saturated heterocycles. The molecule has 1 fully saturated rings. The summed E-state index contributed by atoms with van der Waals surface area (Å²) in [6.45, 7) is 5.57. The normalized spacial score (nSPS) is 18.9. The number of nitrogens with zero attached hydrogens (tertiary/aromatic N) is 1. The summed E-state index contributed by atoms with van der Waals surface area (Å²) in [5.74, 6) is -0.184. The first-order chi connectivity index (χ1) is 15.3. The Balaban J connectivity index is 1.88. The van der Waals surface area contributed by atoms with E-state index in [1.54, 1.807) is 6.20 Å². The van der Waals surface area contributed by atoms with Crippen molar-refractivity contribution in [2.45, 2.75) is 64.6 Å². The minimum Gasteiger partial charge on any atom is -0.404 e. The highest BCUT2D eigenvalue weighted by Crippen LogP contribution is 2.30. The highest BCUT2D eigenvalue weighted by Gasteiger charge is 2.25. The van der Waals surface area contributed by atoms with E-state index in [-0.39, 0.29) is 29.9 Å². The van der Waals surface area contributed by atoms with Crippen LogP contribution in [0.15, 0.2) is 30.6 Å². The van der Waals surface area contributed by atoms with Crippen LogP contribution in [0, 0.1) is 5.41 Å². The van der Waals surface area contributed by atoms with Gasteiger partial charge in [0.2, 0.25) is 5.91 Å². The molecule has 3 rings (SSSR count). The van der Waals surface area contributed by atoms with E-state index >= 15 is 0 Å². The van der Waals surface area contributed by atoms with Gasteiger partial charge in [-0.1, -0.05) is 6.07 Å². The number of fused-ring (bicyclic) bond motifs is 1. The van der Waals surface area contributed by atoms with Gasteiger partial charge in [-0.15, -0.1) is 0 Å². The zero-order chi connectivity index (χ0) is 23.3. The van der Waals surface area contributed by atoms with Gasteiger partial charge in [-0.05, 0) is 57.2 Å². The van der Waals surface area contributed by atoms with Crippen LogP contribution in [0.3, 0.4) is 0 Å². The first kappa shape index (κ1) is 23.2. The van der Waals surface area contributed by atoms with Gasteiger partial charge in [-0.2, -0.15) is 0 Å². The highest BCUT2D eigenvalue weighted by molar-refractivity contribution is 6.11. The van der Waals surface area contributed by atoms with Crippen LogP contribution in [0.4, 0.5) is 5.69 Å². The molecular weight excluding hydrogens is 404 g/mol. The van der Waals surface area contributed by atoms with Crippen molar-refractivity contribution in [1.82, 2.24) is 15.6 Å². The number of amides is 2. The monoisotopic (exact) mass is 436 g/mol. The summed E-state index contributed by atoms with van der Waals surface area (Å²) in [5, 5.41) is 17.9. The topological polar surface area (TPSA) is 133 Å². The van der Waals surface area contributed by atoms with E-state index < -0.39 is 0 Å². The van der Waals surface area contributed by atoms with Crippen molar-refractivity contribution in [2.24, 2.45) is 5.73 Å². The average Bonchev–Trinajstić information content (AvgIpc) is 2.75. The van der Waals surface area contributed by atoms with Crippen LogP contribution in [-0.4, -0.2) is 41.1 Å². The molecule has 8 heteroatoms. The molecule has 1 aromatic heterocycles. The van der Waals surface area contributed by atoms with Crippen LogP contribution >= 0.6 is 0 Å². The molecule has 0 aliphatic heterocycles. The minimum atomic E-state index is -0.169. The van der Waals surface area contributed by atoms with Gasteiger partial charge in [0, 0.05) is 54.6 Å². The number of nitrogens with two attached hydrogens (primary N) is 1. The number of benzene rings is 1. The van der Waals surface area contributed by atoms with Gasteiger partial charge in [0.1, 0.15) is 0 Å². The molecule has 170 valence electrons. The van der Waals surface area contributed by atoms with E-state index in [0.29, 0.717) is 11.1 Å². The Morgan fingerprint density at radius 1 is 1.16 bits per heavy atom. The van der Waals surface area contributed by atoms with Crippen LogP contribution in [0.25, 0.3) is 16.5 Å². The van der Waals surface area contributed by atoms with Crippen molar-refractivity contribution >= 4 is 40.2 Å². The molecule has 0 atom stereocenters. The largest absolute Gasteiger partial charge is 0.404 e. The van der Waals surface area contributed by atoms with E-state index in [1.165, 1.54) is 19.3 Å². The number of rotatable bonds is 7. The van der Waals surface area contributed by atoms with Crippen molar-refractivity contribution in [3.63, 3.8) is 0 Å². The molecule has 2 amide bonds. The maximum atomic E-state index is 13.2. The molecule has 2 aromatic rings. The zero-order valence-electron chi connectivity index (χ0n) is 18.9. The molecule has 8 nitrogen and oxygen atoms in total. The lowest BCUT2D eigenvalue weighted by Crippen LogP contribution is -2.43. The lowest BCUT2D eigenvalue weighted by molar-refractivity contribution is -0.119. The van der Waals surface area contributed by atoms with E-state index in [0.717, 1.165) is 47.8 Å². The fourth-order valence-corrected chi connectivity index (χ4v) is 4.15. The van der Waals surface area contributed by atoms with E-state index in [2.05, 4.69) is 20.9 Å². The van der Waals surface area contributed by atoms with Gasteiger partial charge in [0.05, 0.1) is 16.8 Å². The number of allylic oxidation sites excluding steroid dienone is 1. The highest BCUT2D eigenvalue weighted by atomic mass is 16.2. The summed E-state index contributed by atoms with van der Waals surface area (Å²) in [4.78, 5) is 29.0. The van der Waals surface area contributed by atoms with Crippen LogP contribution < -0.4 is 21.7 Å². The first-order valence-corrected chi connectivity index (χ1v) is 11.0. The molecule has 32 heavy (non-hydrogen) atoms. The van der Waals surface area contributed by atoms with E-state index in [4.69, 9.17) is 11.1 Å². The molecule has 0 spiro atoms. The summed E-state index contributed by atoms with van der Waals surface area (Å²) < 4.78 is 0. The average molecular weight is 437 g/mol. The SMILES string of the molecule is CC(=O)N[C@H]1CC[C@H](NC(=O)c2cnc3ccc(/C(C=N)=C/N)cc3c2NC(C)C)CC1. The molecule has 1 aliphatic rings. The predicted octanol–water partition coefficient (Wildman–Crippen LogP) is 3.18. The van der Waals surface area contributed by atoms with E-state index in [1.807, 2.05) is 32.0 Å². The number of hydrogen-bond acceptors (Lipinski definition) is 6. The molecule has 0 radical (unpaired) electrons. The van der Waals surface area contributed by atoms with E-state index in [9.17, 15) is 9.59 Å². The van der Waals surface area contributed by atoms with Crippen molar-refractivity contribution < 1.29 is 9.59 Å². The van der Waals surface area contributed by atoms with Crippen LogP contribution in [0.1, 0.15) is 62.4 Å². The molecule has 0 bridgehead atoms. The zero-order valence-corrected chi connectivity index (χ0v) is 18.9. The fraction of sp³-hybridized carbons (Fsp3) is 0.417. The third kappa shape index (κ3) is 5.43. The van der Waals surface area contributed by atoms with Crippen LogP contribution in [-0.2, 0) is 4.79 Å². The lowest BCUT2D eigenvalue weighted by atomic mass is 9.91.